The molecule has 4 heterocycles. The van der Waals surface area contributed by atoms with E-state index in [0.717, 1.165) is 66.7 Å². The number of likely N-dealkylation sites (tertiary alicyclic amines) is 1. The number of benzene rings is 2. The Hall–Kier alpha value is -3.37. The van der Waals surface area contributed by atoms with Gasteiger partial charge in [-0.05, 0) is 85.9 Å². The monoisotopic (exact) mass is 628 g/mol. The van der Waals surface area contributed by atoms with Crippen molar-refractivity contribution in [2.45, 2.75) is 93.5 Å². The molecule has 0 spiro atoms. The van der Waals surface area contributed by atoms with E-state index in [1.165, 1.54) is 30.4 Å². The summed E-state index contributed by atoms with van der Waals surface area (Å²) in [4.78, 5) is 30.2. The van der Waals surface area contributed by atoms with Crippen LogP contribution >= 0.6 is 0 Å². The third-order valence-electron chi connectivity index (χ3n) is 11.7. The summed E-state index contributed by atoms with van der Waals surface area (Å²) in [5.41, 5.74) is 5.46. The van der Waals surface area contributed by atoms with E-state index in [9.17, 15) is 18.0 Å². The van der Waals surface area contributed by atoms with Gasteiger partial charge in [-0.1, -0.05) is 25.3 Å². The fraction of sp³-hybridized carbons (Fsp3) is 0.543. The van der Waals surface area contributed by atoms with Crippen molar-refractivity contribution < 1.29 is 22.7 Å². The minimum atomic E-state index is -3.68. The lowest BCUT2D eigenvalue weighted by molar-refractivity contribution is -0.139. The SMILES string of the molecule is COc1ccc2c(c1)C1CC1(C(=O)N1C[C@@H]3C[C@H]1CN3)Cn1c-2c(C2CCCCC2)c2ccc(C(=O)NS(=O)(=O)C3CC3)cc21. The second kappa shape index (κ2) is 9.82. The molecule has 3 aliphatic heterocycles. The van der Waals surface area contributed by atoms with Gasteiger partial charge in [0.15, 0.2) is 0 Å². The second-order valence-corrected chi connectivity index (χ2v) is 16.4. The van der Waals surface area contributed by atoms with Crippen LogP contribution in [0, 0.1) is 5.41 Å². The minimum absolute atomic E-state index is 0.0894. The van der Waals surface area contributed by atoms with E-state index in [0.29, 0.717) is 36.9 Å². The van der Waals surface area contributed by atoms with Crippen LogP contribution in [0.1, 0.15) is 91.1 Å². The molecule has 0 radical (unpaired) electrons. The van der Waals surface area contributed by atoms with Gasteiger partial charge in [0.1, 0.15) is 5.75 Å². The average Bonchev–Trinajstić information content (AvgIpc) is 3.93. The van der Waals surface area contributed by atoms with Crippen LogP contribution in [-0.4, -0.2) is 67.2 Å². The number of rotatable bonds is 6. The van der Waals surface area contributed by atoms with Crippen molar-refractivity contribution in [1.82, 2.24) is 19.5 Å². The molecule has 45 heavy (non-hydrogen) atoms. The standard InChI is InChI=1S/C35H40N4O5S/c1-44-24-8-12-26-28(15-24)29-16-35(29,34(41)38-18-22-14-23(38)17-36-22)19-39-30-13-21(33(40)37-45(42,43)25-9-10-25)7-11-27(30)31(32(26)39)20-5-3-2-4-6-20/h7-8,11-13,15,20,22-23,25,29,36H,2-6,9-10,14,16-19H2,1H3,(H,37,40)/t22-,23-,29?,35?/m0/s1. The van der Waals surface area contributed by atoms with Crippen molar-refractivity contribution in [2.75, 3.05) is 20.2 Å². The number of carbonyl (C=O) groups excluding carboxylic acids is 2. The van der Waals surface area contributed by atoms with Gasteiger partial charge in [-0.3, -0.25) is 9.59 Å². The van der Waals surface area contributed by atoms with E-state index in [1.54, 1.807) is 13.2 Å². The third-order valence-corrected chi connectivity index (χ3v) is 13.5. The van der Waals surface area contributed by atoms with E-state index in [2.05, 4.69) is 31.6 Å². The number of ether oxygens (including phenoxy) is 1. The first-order chi connectivity index (χ1) is 21.8. The number of nitrogens with one attached hydrogen (secondary N) is 2. The Kier molecular flexibility index (Phi) is 6.09. The van der Waals surface area contributed by atoms with Gasteiger partial charge in [-0.15, -0.1) is 0 Å². The van der Waals surface area contributed by atoms with Crippen molar-refractivity contribution in [3.8, 4) is 17.0 Å². The van der Waals surface area contributed by atoms with Crippen LogP contribution in [0.4, 0.5) is 0 Å². The molecule has 5 fully saturated rings. The number of fused-ring (bicyclic) bond motifs is 9. The van der Waals surface area contributed by atoms with E-state index in [4.69, 9.17) is 4.74 Å². The zero-order valence-electron chi connectivity index (χ0n) is 25.7. The molecule has 2 N–H and O–H groups in total. The normalized spacial score (nSPS) is 28.7. The van der Waals surface area contributed by atoms with Crippen LogP contribution in [0.15, 0.2) is 36.4 Å². The molecule has 9 rings (SSSR count). The highest BCUT2D eigenvalue weighted by Crippen LogP contribution is 2.66. The number of methoxy groups -OCH3 is 1. The number of aromatic nitrogens is 1. The Morgan fingerprint density at radius 3 is 2.58 bits per heavy atom. The molecule has 4 atom stereocenters. The number of amides is 2. The molecule has 2 bridgehead atoms. The summed E-state index contributed by atoms with van der Waals surface area (Å²) in [6.07, 6.45) is 8.81. The van der Waals surface area contributed by atoms with Gasteiger partial charge in [-0.25, -0.2) is 13.1 Å². The average molecular weight is 629 g/mol. The molecular weight excluding hydrogens is 588 g/mol. The lowest BCUT2D eigenvalue weighted by Gasteiger charge is -2.32. The first-order valence-corrected chi connectivity index (χ1v) is 18.3. The molecule has 2 amide bonds. The van der Waals surface area contributed by atoms with Crippen molar-refractivity contribution in [1.29, 1.82) is 0 Å². The highest BCUT2D eigenvalue weighted by atomic mass is 32.2. The van der Waals surface area contributed by atoms with Gasteiger partial charge >= 0.3 is 0 Å². The molecule has 3 saturated carbocycles. The number of piperazine rings is 1. The summed E-state index contributed by atoms with van der Waals surface area (Å²) in [5.74, 6) is 0.919. The lowest BCUT2D eigenvalue weighted by Crippen LogP contribution is -2.50. The Balaban J connectivity index is 1.23. The molecule has 10 heteroatoms. The molecule has 9 nitrogen and oxygen atoms in total. The van der Waals surface area contributed by atoms with Gasteiger partial charge in [0.05, 0.1) is 23.5 Å². The van der Waals surface area contributed by atoms with Gasteiger partial charge in [0.25, 0.3) is 5.91 Å². The highest BCUT2D eigenvalue weighted by molar-refractivity contribution is 7.91. The van der Waals surface area contributed by atoms with Gasteiger partial charge in [-0.2, -0.15) is 0 Å². The van der Waals surface area contributed by atoms with Gasteiger partial charge in [0, 0.05) is 59.7 Å². The number of hydrogen-bond acceptors (Lipinski definition) is 6. The van der Waals surface area contributed by atoms with Crippen LogP contribution in [0.5, 0.6) is 5.75 Å². The summed E-state index contributed by atoms with van der Waals surface area (Å²) in [7, 11) is -1.99. The zero-order chi connectivity index (χ0) is 30.7. The first-order valence-electron chi connectivity index (χ1n) is 16.7. The topological polar surface area (TPSA) is 110 Å². The van der Waals surface area contributed by atoms with E-state index >= 15 is 0 Å². The molecule has 236 valence electrons. The summed E-state index contributed by atoms with van der Waals surface area (Å²) in [6, 6.07) is 12.6. The fourth-order valence-electron chi connectivity index (χ4n) is 9.17. The highest BCUT2D eigenvalue weighted by Gasteiger charge is 2.65. The summed E-state index contributed by atoms with van der Waals surface area (Å²) in [5, 5.41) is 4.17. The van der Waals surface area contributed by atoms with Crippen LogP contribution in [0.2, 0.25) is 0 Å². The van der Waals surface area contributed by atoms with E-state index in [-0.39, 0.29) is 17.9 Å². The third kappa shape index (κ3) is 4.24. The van der Waals surface area contributed by atoms with Gasteiger partial charge < -0.3 is 19.5 Å². The summed E-state index contributed by atoms with van der Waals surface area (Å²) < 4.78 is 35.7. The molecule has 3 aromatic rings. The molecule has 6 aliphatic rings. The molecule has 2 saturated heterocycles. The maximum Gasteiger partial charge on any atom is 0.264 e. The lowest BCUT2D eigenvalue weighted by atomic mass is 9.81. The molecule has 3 aliphatic carbocycles. The predicted molar refractivity (Wildman–Crippen MR) is 171 cm³/mol. The molecule has 2 aromatic carbocycles. The Bertz CT molecular complexity index is 1870. The van der Waals surface area contributed by atoms with Crippen molar-refractivity contribution in [2.24, 2.45) is 5.41 Å². The number of hydrogen-bond donors (Lipinski definition) is 2. The summed E-state index contributed by atoms with van der Waals surface area (Å²) >= 11 is 0. The van der Waals surface area contributed by atoms with Crippen molar-refractivity contribution in [3.63, 3.8) is 0 Å². The van der Waals surface area contributed by atoms with Crippen LogP contribution in [-0.2, 0) is 21.4 Å². The first kappa shape index (κ1) is 27.9. The zero-order valence-corrected chi connectivity index (χ0v) is 26.5. The Morgan fingerprint density at radius 2 is 1.87 bits per heavy atom. The molecule has 1 aromatic heterocycles. The molecular formula is C35H40N4O5S. The largest absolute Gasteiger partial charge is 0.497 e. The molecule has 2 unspecified atom stereocenters. The fourth-order valence-corrected chi connectivity index (χ4v) is 10.5. The number of carbonyl (C=O) groups is 2. The van der Waals surface area contributed by atoms with E-state index in [1.807, 2.05) is 18.2 Å². The van der Waals surface area contributed by atoms with Crippen molar-refractivity contribution in [3.05, 3.63) is 53.1 Å². The number of nitrogens with zero attached hydrogens (tertiary/aromatic N) is 2. The van der Waals surface area contributed by atoms with Crippen molar-refractivity contribution >= 4 is 32.7 Å². The Labute approximate surface area is 263 Å². The Morgan fingerprint density at radius 1 is 1.04 bits per heavy atom. The predicted octanol–water partition coefficient (Wildman–Crippen LogP) is 4.65. The quantitative estimate of drug-likeness (QED) is 0.412. The van der Waals surface area contributed by atoms with E-state index < -0.39 is 26.6 Å². The van der Waals surface area contributed by atoms with Crippen LogP contribution < -0.4 is 14.8 Å². The maximum absolute atomic E-state index is 14.6. The summed E-state index contributed by atoms with van der Waals surface area (Å²) in [6.45, 7) is 2.15. The van der Waals surface area contributed by atoms with Crippen LogP contribution in [0.25, 0.3) is 22.2 Å². The minimum Gasteiger partial charge on any atom is -0.497 e. The smallest absolute Gasteiger partial charge is 0.264 e. The second-order valence-electron chi connectivity index (χ2n) is 14.4. The maximum atomic E-state index is 14.6. The van der Waals surface area contributed by atoms with Crippen LogP contribution in [0.3, 0.4) is 0 Å². The number of sulfonamides is 1. The van der Waals surface area contributed by atoms with Gasteiger partial charge in [0.2, 0.25) is 15.9 Å².